The predicted molar refractivity (Wildman–Crippen MR) is 105 cm³/mol. The first-order chi connectivity index (χ1) is 12.1. The summed E-state index contributed by atoms with van der Waals surface area (Å²) in [4.78, 5) is 11.7. The molecule has 0 radical (unpaired) electrons. The molecule has 0 fully saturated rings. The summed E-state index contributed by atoms with van der Waals surface area (Å²) in [6.45, 7) is 10.6. The topological polar surface area (TPSA) is 46.0 Å². The van der Waals surface area contributed by atoms with E-state index in [0.717, 1.165) is 54.3 Å². The summed E-state index contributed by atoms with van der Waals surface area (Å²) in [7, 11) is 2.00. The van der Waals surface area contributed by atoms with Gasteiger partial charge in [-0.15, -0.1) is 0 Å². The third-order valence-corrected chi connectivity index (χ3v) is 4.65. The summed E-state index contributed by atoms with van der Waals surface area (Å²) in [5.41, 5.74) is 4.26. The number of hydrogen-bond acceptors (Lipinski definition) is 4. The van der Waals surface area contributed by atoms with Crippen LogP contribution in [0, 0.1) is 6.92 Å². The Morgan fingerprint density at radius 1 is 1.16 bits per heavy atom. The van der Waals surface area contributed by atoms with Gasteiger partial charge in [-0.1, -0.05) is 25.5 Å². The molecule has 0 bridgehead atoms. The lowest BCUT2D eigenvalue weighted by Gasteiger charge is -2.19. The second-order valence-electron chi connectivity index (χ2n) is 6.39. The standard InChI is InChI=1S/C20H27N5/c1-5-25(6-2)12-10-21-18-14-19(20-22-9-11-24(20)4)23-17-8-7-15(3)13-16(17)18/h7-9,11,13-14H,5-6,10,12H2,1-4H3,(H,21,23). The molecule has 0 amide bonds. The first-order valence-corrected chi connectivity index (χ1v) is 8.97. The Kier molecular flexibility index (Phi) is 5.34. The van der Waals surface area contributed by atoms with Crippen molar-refractivity contribution in [2.45, 2.75) is 20.8 Å². The van der Waals surface area contributed by atoms with Crippen LogP contribution in [0.25, 0.3) is 22.4 Å². The second-order valence-corrected chi connectivity index (χ2v) is 6.39. The Bertz CT molecular complexity index is 848. The molecule has 0 spiro atoms. The van der Waals surface area contributed by atoms with Crippen LogP contribution in [-0.4, -0.2) is 45.6 Å². The third kappa shape index (κ3) is 3.82. The molecular formula is C20H27N5. The van der Waals surface area contributed by atoms with E-state index in [9.17, 15) is 0 Å². The van der Waals surface area contributed by atoms with Crippen molar-refractivity contribution >= 4 is 16.6 Å². The minimum Gasteiger partial charge on any atom is -0.383 e. The fourth-order valence-corrected chi connectivity index (χ4v) is 3.10. The Morgan fingerprint density at radius 2 is 1.96 bits per heavy atom. The summed E-state index contributed by atoms with van der Waals surface area (Å²) in [5.74, 6) is 0.884. The highest BCUT2D eigenvalue weighted by Crippen LogP contribution is 2.28. The summed E-state index contributed by atoms with van der Waals surface area (Å²) in [5, 5.41) is 4.78. The fraction of sp³-hybridized carbons (Fsp3) is 0.400. The molecule has 2 heterocycles. The van der Waals surface area contributed by atoms with E-state index in [2.05, 4.69) is 60.2 Å². The van der Waals surface area contributed by atoms with E-state index in [1.54, 1.807) is 0 Å². The zero-order chi connectivity index (χ0) is 17.8. The maximum absolute atomic E-state index is 4.82. The van der Waals surface area contributed by atoms with Gasteiger partial charge >= 0.3 is 0 Å². The Labute approximate surface area is 149 Å². The largest absolute Gasteiger partial charge is 0.383 e. The smallest absolute Gasteiger partial charge is 0.158 e. The van der Waals surface area contributed by atoms with Gasteiger partial charge in [0.15, 0.2) is 5.82 Å². The minimum atomic E-state index is 0.884. The maximum atomic E-state index is 4.82. The molecule has 0 atom stereocenters. The number of nitrogens with zero attached hydrogens (tertiary/aromatic N) is 4. The predicted octanol–water partition coefficient (Wildman–Crippen LogP) is 3.70. The molecule has 132 valence electrons. The Balaban J connectivity index is 1.96. The minimum absolute atomic E-state index is 0.884. The van der Waals surface area contributed by atoms with Crippen molar-refractivity contribution in [2.24, 2.45) is 7.05 Å². The molecule has 5 nitrogen and oxygen atoms in total. The molecule has 0 saturated carbocycles. The maximum Gasteiger partial charge on any atom is 0.158 e. The summed E-state index contributed by atoms with van der Waals surface area (Å²) < 4.78 is 2.00. The number of hydrogen-bond donors (Lipinski definition) is 1. The molecule has 0 aliphatic carbocycles. The first-order valence-electron chi connectivity index (χ1n) is 8.97. The van der Waals surface area contributed by atoms with Gasteiger partial charge in [-0.3, -0.25) is 0 Å². The number of rotatable bonds is 7. The molecule has 0 aliphatic heterocycles. The van der Waals surface area contributed by atoms with Crippen molar-refractivity contribution in [3.05, 3.63) is 42.2 Å². The molecule has 25 heavy (non-hydrogen) atoms. The van der Waals surface area contributed by atoms with E-state index >= 15 is 0 Å². The van der Waals surface area contributed by atoms with Crippen molar-refractivity contribution in [1.82, 2.24) is 19.4 Å². The fourth-order valence-electron chi connectivity index (χ4n) is 3.10. The van der Waals surface area contributed by atoms with E-state index in [-0.39, 0.29) is 0 Å². The Morgan fingerprint density at radius 3 is 2.64 bits per heavy atom. The zero-order valence-electron chi connectivity index (χ0n) is 15.6. The van der Waals surface area contributed by atoms with Crippen molar-refractivity contribution in [2.75, 3.05) is 31.5 Å². The summed E-state index contributed by atoms with van der Waals surface area (Å²) in [6.07, 6.45) is 3.76. The molecule has 0 saturated heterocycles. The van der Waals surface area contributed by atoms with Crippen molar-refractivity contribution in [1.29, 1.82) is 0 Å². The van der Waals surface area contributed by atoms with E-state index < -0.39 is 0 Å². The molecule has 3 rings (SSSR count). The van der Waals surface area contributed by atoms with Gasteiger partial charge in [-0.2, -0.15) is 0 Å². The normalized spacial score (nSPS) is 11.4. The molecular weight excluding hydrogens is 310 g/mol. The number of aromatic nitrogens is 3. The van der Waals surface area contributed by atoms with Gasteiger partial charge in [-0.05, 0) is 38.2 Å². The zero-order valence-corrected chi connectivity index (χ0v) is 15.6. The number of likely N-dealkylation sites (N-methyl/N-ethyl adjacent to an activating group) is 1. The van der Waals surface area contributed by atoms with Crippen LogP contribution in [0.15, 0.2) is 36.7 Å². The van der Waals surface area contributed by atoms with E-state index in [0.29, 0.717) is 0 Å². The molecule has 2 aromatic heterocycles. The summed E-state index contributed by atoms with van der Waals surface area (Å²) >= 11 is 0. The number of anilines is 1. The average Bonchev–Trinajstić information content (AvgIpc) is 3.04. The van der Waals surface area contributed by atoms with Crippen LogP contribution in [0.5, 0.6) is 0 Å². The van der Waals surface area contributed by atoms with Gasteiger partial charge in [0.05, 0.1) is 5.52 Å². The lowest BCUT2D eigenvalue weighted by molar-refractivity contribution is 0.316. The van der Waals surface area contributed by atoms with Crippen LogP contribution in [-0.2, 0) is 7.05 Å². The number of benzene rings is 1. The highest BCUT2D eigenvalue weighted by molar-refractivity contribution is 5.93. The number of fused-ring (bicyclic) bond motifs is 1. The highest BCUT2D eigenvalue weighted by Gasteiger charge is 2.11. The quantitative estimate of drug-likeness (QED) is 0.714. The molecule has 1 aromatic carbocycles. The van der Waals surface area contributed by atoms with E-state index in [4.69, 9.17) is 4.98 Å². The van der Waals surface area contributed by atoms with Crippen LogP contribution in [0.1, 0.15) is 19.4 Å². The molecule has 0 aliphatic rings. The number of nitrogens with one attached hydrogen (secondary N) is 1. The highest BCUT2D eigenvalue weighted by atomic mass is 15.1. The molecule has 3 aromatic rings. The third-order valence-electron chi connectivity index (χ3n) is 4.65. The van der Waals surface area contributed by atoms with Crippen LogP contribution in [0.3, 0.4) is 0 Å². The molecule has 1 N–H and O–H groups in total. The van der Waals surface area contributed by atoms with Crippen LogP contribution in [0.4, 0.5) is 5.69 Å². The number of aryl methyl sites for hydroxylation is 2. The van der Waals surface area contributed by atoms with Gasteiger partial charge in [0.2, 0.25) is 0 Å². The second kappa shape index (κ2) is 7.66. The lowest BCUT2D eigenvalue weighted by atomic mass is 10.1. The van der Waals surface area contributed by atoms with Gasteiger partial charge in [0.1, 0.15) is 5.69 Å². The number of imidazole rings is 1. The molecule has 0 unspecified atom stereocenters. The first kappa shape index (κ1) is 17.4. The van der Waals surface area contributed by atoms with Crippen LogP contribution >= 0.6 is 0 Å². The van der Waals surface area contributed by atoms with E-state index in [1.165, 1.54) is 5.56 Å². The van der Waals surface area contributed by atoms with E-state index in [1.807, 2.05) is 24.0 Å². The summed E-state index contributed by atoms with van der Waals surface area (Å²) in [6, 6.07) is 8.51. The van der Waals surface area contributed by atoms with Crippen molar-refractivity contribution in [3.63, 3.8) is 0 Å². The molecule has 5 heteroatoms. The monoisotopic (exact) mass is 337 g/mol. The van der Waals surface area contributed by atoms with Gasteiger partial charge < -0.3 is 14.8 Å². The van der Waals surface area contributed by atoms with Crippen LogP contribution in [0.2, 0.25) is 0 Å². The van der Waals surface area contributed by atoms with Gasteiger partial charge in [0, 0.05) is 43.6 Å². The van der Waals surface area contributed by atoms with Crippen LogP contribution < -0.4 is 5.32 Å². The number of pyridine rings is 1. The van der Waals surface area contributed by atoms with Gasteiger partial charge in [0.25, 0.3) is 0 Å². The van der Waals surface area contributed by atoms with Crippen molar-refractivity contribution < 1.29 is 0 Å². The van der Waals surface area contributed by atoms with Gasteiger partial charge in [-0.25, -0.2) is 9.97 Å². The average molecular weight is 337 g/mol. The van der Waals surface area contributed by atoms with Crippen molar-refractivity contribution in [3.8, 4) is 11.5 Å². The SMILES string of the molecule is CCN(CC)CCNc1cc(-c2nccn2C)nc2ccc(C)cc12. The Hall–Kier alpha value is -2.40. The lowest BCUT2D eigenvalue weighted by Crippen LogP contribution is -2.28.